The Kier molecular flexibility index (Phi) is 6.76. The van der Waals surface area contributed by atoms with Gasteiger partial charge in [0.1, 0.15) is 23.0 Å². The first kappa shape index (κ1) is 28.2. The van der Waals surface area contributed by atoms with Gasteiger partial charge in [0, 0.05) is 22.5 Å². The van der Waals surface area contributed by atoms with E-state index in [1.54, 1.807) is 30.3 Å². The summed E-state index contributed by atoms with van der Waals surface area (Å²) in [6.45, 7) is 0. The molecule has 0 aromatic heterocycles. The molecule has 4 aromatic carbocycles. The summed E-state index contributed by atoms with van der Waals surface area (Å²) in [4.78, 5) is 46.5. The number of ether oxygens (including phenoxy) is 2. The summed E-state index contributed by atoms with van der Waals surface area (Å²) in [5.41, 5.74) is 1.86. The highest BCUT2D eigenvalue weighted by molar-refractivity contribution is 6.37. The van der Waals surface area contributed by atoms with E-state index in [-0.39, 0.29) is 22.1 Å². The molecule has 7 rings (SSSR count). The van der Waals surface area contributed by atoms with Crippen LogP contribution in [0.5, 0.6) is 11.5 Å². The third-order valence-corrected chi connectivity index (χ3v) is 9.54. The third-order valence-electron chi connectivity index (χ3n) is 8.99. The molecule has 3 aliphatic heterocycles. The Morgan fingerprint density at radius 1 is 0.864 bits per heavy atom. The summed E-state index contributed by atoms with van der Waals surface area (Å²) >= 11 is 12.8. The number of carbonyl (C=O) groups is 3. The lowest BCUT2D eigenvalue weighted by Gasteiger charge is -2.38. The summed E-state index contributed by atoms with van der Waals surface area (Å²) in [6.07, 6.45) is 3.71. The van der Waals surface area contributed by atoms with E-state index in [9.17, 15) is 9.59 Å². The number of nitrogens with zero attached hydrogens (tertiary/aromatic N) is 1. The molecular formula is C35H26Cl2N2O5. The molecule has 4 aromatic rings. The number of rotatable bonds is 6. The largest absolute Gasteiger partial charge is 0.497 e. The lowest BCUT2D eigenvalue weighted by Crippen LogP contribution is -2.49. The lowest BCUT2D eigenvalue weighted by molar-refractivity contribution is -0.122. The van der Waals surface area contributed by atoms with E-state index in [1.807, 2.05) is 65.7 Å². The van der Waals surface area contributed by atoms with Crippen LogP contribution < -0.4 is 14.8 Å². The number of halogens is 2. The van der Waals surface area contributed by atoms with Gasteiger partial charge in [-0.05, 0) is 65.2 Å². The molecule has 44 heavy (non-hydrogen) atoms. The Hall–Kier alpha value is -4.59. The number of anilines is 1. The molecule has 9 heteroatoms. The number of amides is 1. The van der Waals surface area contributed by atoms with Crippen molar-refractivity contribution >= 4 is 52.4 Å². The molecule has 4 atom stereocenters. The van der Waals surface area contributed by atoms with Crippen molar-refractivity contribution in [3.05, 3.63) is 129 Å². The van der Waals surface area contributed by atoms with Gasteiger partial charge in [-0.3, -0.25) is 14.4 Å². The van der Waals surface area contributed by atoms with E-state index < -0.39 is 35.0 Å². The van der Waals surface area contributed by atoms with Gasteiger partial charge < -0.3 is 19.7 Å². The number of nitrogens with one attached hydrogen (secondary N) is 1. The maximum atomic E-state index is 15.2. The van der Waals surface area contributed by atoms with E-state index in [2.05, 4.69) is 5.32 Å². The van der Waals surface area contributed by atoms with Crippen molar-refractivity contribution < 1.29 is 23.9 Å². The number of Topliss-reactive ketones (excluding diaryl/α,β-unsaturated/α-hetero) is 2. The molecule has 3 aliphatic rings. The molecule has 220 valence electrons. The zero-order chi connectivity index (χ0) is 30.7. The van der Waals surface area contributed by atoms with Crippen LogP contribution in [0.25, 0.3) is 6.08 Å². The summed E-state index contributed by atoms with van der Waals surface area (Å²) < 4.78 is 11.1. The summed E-state index contributed by atoms with van der Waals surface area (Å²) in [5.74, 6) is -1.67. The summed E-state index contributed by atoms with van der Waals surface area (Å²) in [6, 6.07) is 22.8. The Morgan fingerprint density at radius 2 is 1.64 bits per heavy atom. The molecular weight excluding hydrogens is 599 g/mol. The van der Waals surface area contributed by atoms with Gasteiger partial charge in [0.25, 0.3) is 0 Å². The highest BCUT2D eigenvalue weighted by atomic mass is 35.5. The first-order valence-corrected chi connectivity index (χ1v) is 14.8. The van der Waals surface area contributed by atoms with Crippen molar-refractivity contribution in [3.8, 4) is 11.5 Å². The van der Waals surface area contributed by atoms with Crippen LogP contribution in [0.2, 0.25) is 10.0 Å². The van der Waals surface area contributed by atoms with E-state index in [4.69, 9.17) is 32.7 Å². The van der Waals surface area contributed by atoms with Crippen molar-refractivity contribution in [2.75, 3.05) is 19.5 Å². The first-order chi connectivity index (χ1) is 21.3. The molecule has 0 unspecified atom stereocenters. The Balaban J connectivity index is 1.56. The standard InChI is InChI=1S/C35H26Cl2N2O5/c1-43-21-12-14-28(44-2)24(18-21)31(40)29-30(32(41)23-13-11-20(36)17-26(23)37)39-16-15-19-7-3-4-8-22(19)33(39)35(29)25-9-5-6-10-27(25)38-34(35)42/h3-18,29-30,33H,1-2H3,(H,38,42)/t29-,30+,33-,35-/m1/s1. The lowest BCUT2D eigenvalue weighted by atomic mass is 9.62. The Labute approximate surface area is 264 Å². The minimum atomic E-state index is -1.50. The fourth-order valence-electron chi connectivity index (χ4n) is 7.19. The van der Waals surface area contributed by atoms with E-state index >= 15 is 4.79 Å². The van der Waals surface area contributed by atoms with Crippen LogP contribution in [-0.4, -0.2) is 42.6 Å². The average Bonchev–Trinajstić information content (AvgIpc) is 3.52. The Bertz CT molecular complexity index is 1910. The number of hydrogen-bond acceptors (Lipinski definition) is 6. The van der Waals surface area contributed by atoms with Crippen molar-refractivity contribution in [1.82, 2.24) is 4.90 Å². The molecule has 1 N–H and O–H groups in total. The fraction of sp³-hybridized carbons (Fsp3) is 0.171. The Morgan fingerprint density at radius 3 is 2.41 bits per heavy atom. The molecule has 1 amide bonds. The predicted molar refractivity (Wildman–Crippen MR) is 169 cm³/mol. The second-order valence-electron chi connectivity index (χ2n) is 11.0. The second kappa shape index (κ2) is 10.5. The van der Waals surface area contributed by atoms with E-state index in [0.717, 1.165) is 11.1 Å². The van der Waals surface area contributed by atoms with Crippen LogP contribution >= 0.6 is 23.2 Å². The fourth-order valence-corrected chi connectivity index (χ4v) is 7.69. The van der Waals surface area contributed by atoms with Crippen LogP contribution in [0.1, 0.15) is 43.4 Å². The van der Waals surface area contributed by atoms with Crippen molar-refractivity contribution in [3.63, 3.8) is 0 Å². The molecule has 0 aliphatic carbocycles. The van der Waals surface area contributed by atoms with Gasteiger partial charge in [-0.15, -0.1) is 0 Å². The zero-order valence-corrected chi connectivity index (χ0v) is 25.2. The number of carbonyl (C=O) groups excluding carboxylic acids is 3. The van der Waals surface area contributed by atoms with Gasteiger partial charge in [-0.1, -0.05) is 65.7 Å². The van der Waals surface area contributed by atoms with Gasteiger partial charge >= 0.3 is 0 Å². The number of hydrogen-bond donors (Lipinski definition) is 1. The molecule has 7 nitrogen and oxygen atoms in total. The quantitative estimate of drug-likeness (QED) is 0.233. The topological polar surface area (TPSA) is 84.9 Å². The van der Waals surface area contributed by atoms with Crippen LogP contribution in [0.3, 0.4) is 0 Å². The molecule has 1 fully saturated rings. The van der Waals surface area contributed by atoms with Crippen molar-refractivity contribution in [2.45, 2.75) is 17.5 Å². The van der Waals surface area contributed by atoms with E-state index in [1.165, 1.54) is 20.3 Å². The maximum Gasteiger partial charge on any atom is 0.238 e. The number of para-hydroxylation sites is 1. The third kappa shape index (κ3) is 3.92. The SMILES string of the molecule is COc1ccc(OC)c(C(=O)[C@H]2[C@@H](C(=O)c3ccc(Cl)cc3Cl)N3C=Cc4ccccc4[C@@H]3[C@]23C(=O)Nc2ccccc23)c1. The van der Waals surface area contributed by atoms with Crippen molar-refractivity contribution in [1.29, 1.82) is 0 Å². The normalized spacial score (nSPS) is 22.7. The second-order valence-corrected chi connectivity index (χ2v) is 11.8. The van der Waals surface area contributed by atoms with Crippen LogP contribution in [0, 0.1) is 5.92 Å². The highest BCUT2D eigenvalue weighted by Crippen LogP contribution is 2.62. The summed E-state index contributed by atoms with van der Waals surface area (Å²) in [7, 11) is 2.98. The smallest absolute Gasteiger partial charge is 0.238 e. The van der Waals surface area contributed by atoms with Crippen molar-refractivity contribution in [2.24, 2.45) is 5.92 Å². The van der Waals surface area contributed by atoms with Crippen LogP contribution in [-0.2, 0) is 10.2 Å². The number of ketones is 2. The van der Waals surface area contributed by atoms with Gasteiger partial charge in [0.2, 0.25) is 5.91 Å². The van der Waals surface area contributed by atoms with Gasteiger partial charge in [-0.2, -0.15) is 0 Å². The van der Waals surface area contributed by atoms with Gasteiger partial charge in [-0.25, -0.2) is 0 Å². The molecule has 0 radical (unpaired) electrons. The number of benzene rings is 4. The van der Waals surface area contributed by atoms with Gasteiger partial charge in [0.15, 0.2) is 11.6 Å². The minimum Gasteiger partial charge on any atom is -0.497 e. The predicted octanol–water partition coefficient (Wildman–Crippen LogP) is 6.99. The molecule has 0 saturated carbocycles. The molecule has 0 bridgehead atoms. The van der Waals surface area contributed by atoms with Gasteiger partial charge in [0.05, 0.1) is 36.8 Å². The molecule has 1 spiro atoms. The average molecular weight is 626 g/mol. The van der Waals surface area contributed by atoms with Crippen LogP contribution in [0.15, 0.2) is 91.1 Å². The molecule has 3 heterocycles. The first-order valence-electron chi connectivity index (χ1n) is 14.0. The number of methoxy groups -OCH3 is 2. The summed E-state index contributed by atoms with van der Waals surface area (Å²) in [5, 5.41) is 3.57. The molecule has 1 saturated heterocycles. The number of fused-ring (bicyclic) bond motifs is 6. The minimum absolute atomic E-state index is 0.155. The van der Waals surface area contributed by atoms with Crippen LogP contribution in [0.4, 0.5) is 5.69 Å². The zero-order valence-electron chi connectivity index (χ0n) is 23.7. The van der Waals surface area contributed by atoms with E-state index in [0.29, 0.717) is 27.8 Å². The monoisotopic (exact) mass is 624 g/mol. The maximum absolute atomic E-state index is 15.2. The highest BCUT2D eigenvalue weighted by Gasteiger charge is 2.71.